The summed E-state index contributed by atoms with van der Waals surface area (Å²) in [6, 6.07) is 4.20. The van der Waals surface area contributed by atoms with E-state index in [1.165, 1.54) is 18.6 Å². The third-order valence-corrected chi connectivity index (χ3v) is 5.45. The van der Waals surface area contributed by atoms with E-state index in [2.05, 4.69) is 35.0 Å². The quantitative estimate of drug-likeness (QED) is 0.726. The lowest BCUT2D eigenvalue weighted by Gasteiger charge is -2.09. The number of hydrogen-bond acceptors (Lipinski definition) is 2. The molecule has 0 N–H and O–H groups in total. The largest absolute Gasteiger partial charge is 0.465 e. The molecule has 1 heterocycles. The maximum atomic E-state index is 5.67. The molecule has 1 aromatic heterocycles. The number of hydrogen-bond donors (Lipinski definition) is 0. The van der Waals surface area contributed by atoms with Gasteiger partial charge in [0.05, 0.1) is 5.75 Å². The summed E-state index contributed by atoms with van der Waals surface area (Å²) in [6.07, 6.45) is 3.78. The molecule has 1 fully saturated rings. The van der Waals surface area contributed by atoms with Crippen molar-refractivity contribution in [2.45, 2.75) is 31.9 Å². The highest BCUT2D eigenvalue weighted by molar-refractivity contribution is 9.09. The van der Waals surface area contributed by atoms with Gasteiger partial charge in [0.25, 0.3) is 0 Å². The number of aryl methyl sites for hydroxylation is 1. The smallest absolute Gasteiger partial charge is 0.114 e. The number of furan rings is 1. The molecule has 0 radical (unpaired) electrons. The van der Waals surface area contributed by atoms with Gasteiger partial charge in [-0.25, -0.2) is 0 Å². The maximum absolute atomic E-state index is 5.67. The fourth-order valence-corrected chi connectivity index (χ4v) is 3.85. The van der Waals surface area contributed by atoms with E-state index in [9.17, 15) is 0 Å². The molecule has 1 nitrogen and oxygen atoms in total. The average molecular weight is 289 g/mol. The number of halogens is 1. The zero-order chi connectivity index (χ0) is 10.7. The lowest BCUT2D eigenvalue weighted by Crippen LogP contribution is -2.05. The molecular weight excluding hydrogens is 272 g/mol. The number of alkyl halides is 1. The van der Waals surface area contributed by atoms with Crippen LogP contribution in [0.5, 0.6) is 0 Å². The molecule has 0 aromatic carbocycles. The lowest BCUT2D eigenvalue weighted by atomic mass is 10.2. The van der Waals surface area contributed by atoms with Crippen molar-refractivity contribution in [3.8, 4) is 0 Å². The fourth-order valence-electron chi connectivity index (χ4n) is 1.55. The van der Waals surface area contributed by atoms with Crippen LogP contribution in [0.25, 0.3) is 0 Å². The Balaban J connectivity index is 1.73. The van der Waals surface area contributed by atoms with Gasteiger partial charge in [-0.05, 0) is 30.4 Å². The highest BCUT2D eigenvalue weighted by atomic mass is 79.9. The summed E-state index contributed by atoms with van der Waals surface area (Å²) in [5, 5.41) is 1.16. The van der Waals surface area contributed by atoms with E-state index in [0.717, 1.165) is 29.0 Å². The summed E-state index contributed by atoms with van der Waals surface area (Å²) in [5.74, 6) is 4.52. The molecule has 0 bridgehead atoms. The first-order chi connectivity index (χ1) is 7.28. The van der Waals surface area contributed by atoms with E-state index < -0.39 is 0 Å². The van der Waals surface area contributed by atoms with Crippen LogP contribution < -0.4 is 0 Å². The van der Waals surface area contributed by atoms with E-state index in [-0.39, 0.29) is 0 Å². The molecule has 0 aliphatic heterocycles. The van der Waals surface area contributed by atoms with Crippen molar-refractivity contribution >= 4 is 27.7 Å². The summed E-state index contributed by atoms with van der Waals surface area (Å²) >= 11 is 5.60. The van der Waals surface area contributed by atoms with Crippen LogP contribution in [0.3, 0.4) is 0 Å². The third kappa shape index (κ3) is 3.04. The summed E-state index contributed by atoms with van der Waals surface area (Å²) in [4.78, 5) is 0. The topological polar surface area (TPSA) is 13.1 Å². The highest BCUT2D eigenvalue weighted by Gasteiger charge is 2.40. The average Bonchev–Trinajstić information content (AvgIpc) is 2.89. The summed E-state index contributed by atoms with van der Waals surface area (Å²) in [5.41, 5.74) is 0.616. The first-order valence-corrected chi connectivity index (χ1v) is 7.77. The predicted molar refractivity (Wildman–Crippen MR) is 69.7 cm³/mol. The standard InChI is InChI=1S/C12H17BrOS/c1-2-10-3-4-11(14-10)7-15-9-12(8-13)5-6-12/h3-4H,2,5-9H2,1H3. The van der Waals surface area contributed by atoms with Crippen LogP contribution in [0, 0.1) is 5.41 Å². The molecule has 0 unspecified atom stereocenters. The second kappa shape index (κ2) is 4.96. The van der Waals surface area contributed by atoms with E-state index >= 15 is 0 Å². The Labute approximate surface area is 104 Å². The maximum Gasteiger partial charge on any atom is 0.114 e. The zero-order valence-electron chi connectivity index (χ0n) is 9.09. The predicted octanol–water partition coefficient (Wildman–Crippen LogP) is 4.25. The molecule has 1 saturated carbocycles. The molecule has 0 saturated heterocycles. The molecule has 1 aliphatic carbocycles. The Hall–Kier alpha value is 0.110. The van der Waals surface area contributed by atoms with Crippen molar-refractivity contribution in [2.75, 3.05) is 11.1 Å². The molecule has 15 heavy (non-hydrogen) atoms. The van der Waals surface area contributed by atoms with Gasteiger partial charge in [0.15, 0.2) is 0 Å². The van der Waals surface area contributed by atoms with Crippen LogP contribution in [0.4, 0.5) is 0 Å². The minimum Gasteiger partial charge on any atom is -0.465 e. The van der Waals surface area contributed by atoms with Crippen LogP contribution in [0.15, 0.2) is 16.5 Å². The van der Waals surface area contributed by atoms with Gasteiger partial charge in [0.1, 0.15) is 11.5 Å². The van der Waals surface area contributed by atoms with Gasteiger partial charge in [0.2, 0.25) is 0 Å². The Morgan fingerprint density at radius 3 is 2.67 bits per heavy atom. The van der Waals surface area contributed by atoms with Crippen molar-refractivity contribution in [2.24, 2.45) is 5.41 Å². The fraction of sp³-hybridized carbons (Fsp3) is 0.667. The monoisotopic (exact) mass is 288 g/mol. The Morgan fingerprint density at radius 1 is 1.40 bits per heavy atom. The Bertz CT molecular complexity index is 317. The van der Waals surface area contributed by atoms with Crippen LogP contribution in [-0.4, -0.2) is 11.1 Å². The zero-order valence-corrected chi connectivity index (χ0v) is 11.5. The molecule has 1 aliphatic rings. The van der Waals surface area contributed by atoms with Crippen molar-refractivity contribution in [3.63, 3.8) is 0 Å². The van der Waals surface area contributed by atoms with Crippen molar-refractivity contribution in [1.29, 1.82) is 0 Å². The lowest BCUT2D eigenvalue weighted by molar-refractivity contribution is 0.485. The second-order valence-corrected chi connectivity index (χ2v) is 5.89. The van der Waals surface area contributed by atoms with Gasteiger partial charge in [0, 0.05) is 17.5 Å². The molecule has 84 valence electrons. The molecular formula is C12H17BrOS. The Morgan fingerprint density at radius 2 is 2.13 bits per heavy atom. The minimum atomic E-state index is 0.616. The van der Waals surface area contributed by atoms with Gasteiger partial charge in [-0.3, -0.25) is 0 Å². The van der Waals surface area contributed by atoms with E-state index in [1.54, 1.807) is 0 Å². The second-order valence-electron chi connectivity index (χ2n) is 4.35. The number of rotatable bonds is 6. The normalized spacial score (nSPS) is 18.0. The van der Waals surface area contributed by atoms with E-state index in [0.29, 0.717) is 5.41 Å². The Kier molecular flexibility index (Phi) is 3.83. The summed E-state index contributed by atoms with van der Waals surface area (Å²) in [6.45, 7) is 2.12. The van der Waals surface area contributed by atoms with E-state index in [1.807, 2.05) is 11.8 Å². The number of thioether (sulfide) groups is 1. The van der Waals surface area contributed by atoms with E-state index in [4.69, 9.17) is 4.42 Å². The van der Waals surface area contributed by atoms with Gasteiger partial charge in [-0.1, -0.05) is 22.9 Å². The van der Waals surface area contributed by atoms with Crippen molar-refractivity contribution < 1.29 is 4.42 Å². The SMILES string of the molecule is CCc1ccc(CSCC2(CBr)CC2)o1. The van der Waals surface area contributed by atoms with Crippen LogP contribution >= 0.6 is 27.7 Å². The van der Waals surface area contributed by atoms with Gasteiger partial charge in [-0.2, -0.15) is 11.8 Å². The first-order valence-electron chi connectivity index (χ1n) is 5.49. The van der Waals surface area contributed by atoms with Crippen molar-refractivity contribution in [1.82, 2.24) is 0 Å². The molecule has 0 amide bonds. The third-order valence-electron chi connectivity index (χ3n) is 2.96. The van der Waals surface area contributed by atoms with Crippen LogP contribution in [0.2, 0.25) is 0 Å². The van der Waals surface area contributed by atoms with Gasteiger partial charge in [-0.15, -0.1) is 0 Å². The van der Waals surface area contributed by atoms with Crippen molar-refractivity contribution in [3.05, 3.63) is 23.7 Å². The molecule has 2 rings (SSSR count). The molecule has 0 atom stereocenters. The summed E-state index contributed by atoms with van der Waals surface area (Å²) in [7, 11) is 0. The molecule has 3 heteroatoms. The van der Waals surface area contributed by atoms with Gasteiger partial charge < -0.3 is 4.42 Å². The van der Waals surface area contributed by atoms with Crippen LogP contribution in [0.1, 0.15) is 31.3 Å². The van der Waals surface area contributed by atoms with Crippen LogP contribution in [-0.2, 0) is 12.2 Å². The first kappa shape index (κ1) is 11.6. The highest BCUT2D eigenvalue weighted by Crippen LogP contribution is 2.49. The molecule has 0 spiro atoms. The summed E-state index contributed by atoms with van der Waals surface area (Å²) < 4.78 is 5.67. The molecule has 1 aromatic rings. The minimum absolute atomic E-state index is 0.616. The van der Waals surface area contributed by atoms with Gasteiger partial charge >= 0.3 is 0 Å².